The Labute approximate surface area is 114 Å². The standard InChI is InChI=1S/C14H11ClFNO2/c1-8-9(15)4-2-6-11(8)17-12-7-3-5-10(16)13(12)14(18)19/h2-7,17H,1H3,(H,18,19). The highest BCUT2D eigenvalue weighted by molar-refractivity contribution is 6.31. The van der Waals surface area contributed by atoms with Crippen molar-refractivity contribution in [3.63, 3.8) is 0 Å². The van der Waals surface area contributed by atoms with Gasteiger partial charge in [0.2, 0.25) is 0 Å². The van der Waals surface area contributed by atoms with E-state index >= 15 is 0 Å². The van der Waals surface area contributed by atoms with Crippen molar-refractivity contribution in [2.45, 2.75) is 6.92 Å². The normalized spacial score (nSPS) is 10.3. The van der Waals surface area contributed by atoms with Crippen molar-refractivity contribution in [2.24, 2.45) is 0 Å². The number of hydrogen-bond acceptors (Lipinski definition) is 2. The fourth-order valence-corrected chi connectivity index (χ4v) is 1.91. The SMILES string of the molecule is Cc1c(Cl)cccc1Nc1cccc(F)c1C(=O)O. The minimum atomic E-state index is -1.32. The lowest BCUT2D eigenvalue weighted by Gasteiger charge is -2.13. The molecule has 98 valence electrons. The third-order valence-electron chi connectivity index (χ3n) is 2.76. The van der Waals surface area contributed by atoms with Crippen molar-refractivity contribution in [2.75, 3.05) is 5.32 Å². The summed E-state index contributed by atoms with van der Waals surface area (Å²) in [5.74, 6) is -2.10. The molecule has 0 spiro atoms. The summed E-state index contributed by atoms with van der Waals surface area (Å²) in [5, 5.41) is 12.5. The number of hydrogen-bond donors (Lipinski definition) is 2. The molecule has 19 heavy (non-hydrogen) atoms. The predicted molar refractivity (Wildman–Crippen MR) is 72.8 cm³/mol. The average Bonchev–Trinajstić information content (AvgIpc) is 2.34. The second-order valence-corrected chi connectivity index (χ2v) is 4.41. The number of aromatic carboxylic acids is 1. The van der Waals surface area contributed by atoms with E-state index in [0.29, 0.717) is 10.7 Å². The van der Waals surface area contributed by atoms with Crippen LogP contribution in [-0.4, -0.2) is 11.1 Å². The number of nitrogens with one attached hydrogen (secondary N) is 1. The molecule has 2 rings (SSSR count). The third-order valence-corrected chi connectivity index (χ3v) is 3.17. The number of carboxylic acids is 1. The highest BCUT2D eigenvalue weighted by Crippen LogP contribution is 2.28. The van der Waals surface area contributed by atoms with E-state index < -0.39 is 11.8 Å². The molecule has 0 bridgehead atoms. The first-order valence-electron chi connectivity index (χ1n) is 5.54. The van der Waals surface area contributed by atoms with Crippen LogP contribution in [0.15, 0.2) is 36.4 Å². The molecule has 0 atom stereocenters. The van der Waals surface area contributed by atoms with Crippen LogP contribution in [0.4, 0.5) is 15.8 Å². The van der Waals surface area contributed by atoms with Crippen LogP contribution in [0.1, 0.15) is 15.9 Å². The highest BCUT2D eigenvalue weighted by Gasteiger charge is 2.16. The van der Waals surface area contributed by atoms with Crippen molar-refractivity contribution >= 4 is 28.9 Å². The molecule has 2 aromatic carbocycles. The van der Waals surface area contributed by atoms with Gasteiger partial charge in [0.05, 0.1) is 5.69 Å². The molecule has 0 aliphatic heterocycles. The topological polar surface area (TPSA) is 49.3 Å². The first-order chi connectivity index (χ1) is 9.00. The molecule has 0 amide bonds. The van der Waals surface area contributed by atoms with Crippen molar-refractivity contribution in [3.05, 3.63) is 58.4 Å². The molecule has 2 N–H and O–H groups in total. The van der Waals surface area contributed by atoms with Gasteiger partial charge in [0.25, 0.3) is 0 Å². The maximum atomic E-state index is 13.5. The molecule has 0 heterocycles. The van der Waals surface area contributed by atoms with E-state index in [1.807, 2.05) is 0 Å². The zero-order valence-electron chi connectivity index (χ0n) is 10.1. The van der Waals surface area contributed by atoms with Crippen LogP contribution in [0.5, 0.6) is 0 Å². The molecule has 0 saturated heterocycles. The van der Waals surface area contributed by atoms with Gasteiger partial charge in [-0.15, -0.1) is 0 Å². The largest absolute Gasteiger partial charge is 0.478 e. The van der Waals surface area contributed by atoms with Crippen LogP contribution in [0.2, 0.25) is 5.02 Å². The van der Waals surface area contributed by atoms with Gasteiger partial charge in [-0.05, 0) is 36.8 Å². The summed E-state index contributed by atoms with van der Waals surface area (Å²) in [7, 11) is 0. The van der Waals surface area contributed by atoms with E-state index in [9.17, 15) is 9.18 Å². The minimum absolute atomic E-state index is 0.192. The van der Waals surface area contributed by atoms with Crippen molar-refractivity contribution in [3.8, 4) is 0 Å². The summed E-state index contributed by atoms with van der Waals surface area (Å²) in [6, 6.07) is 9.28. The van der Waals surface area contributed by atoms with E-state index in [2.05, 4.69) is 5.32 Å². The molecule has 0 saturated carbocycles. The maximum absolute atomic E-state index is 13.5. The molecular formula is C14H11ClFNO2. The van der Waals surface area contributed by atoms with E-state index in [-0.39, 0.29) is 11.3 Å². The molecule has 0 fully saturated rings. The zero-order valence-corrected chi connectivity index (χ0v) is 10.8. The second kappa shape index (κ2) is 5.28. The van der Waals surface area contributed by atoms with Crippen LogP contribution in [0, 0.1) is 12.7 Å². The van der Waals surface area contributed by atoms with Crippen LogP contribution >= 0.6 is 11.6 Å². The van der Waals surface area contributed by atoms with E-state index in [1.165, 1.54) is 12.1 Å². The van der Waals surface area contributed by atoms with Gasteiger partial charge in [-0.25, -0.2) is 9.18 Å². The zero-order chi connectivity index (χ0) is 14.0. The summed E-state index contributed by atoms with van der Waals surface area (Å²) in [6.45, 7) is 1.80. The fraction of sp³-hybridized carbons (Fsp3) is 0.0714. The number of halogens is 2. The Hall–Kier alpha value is -2.07. The molecular weight excluding hydrogens is 269 g/mol. The first-order valence-corrected chi connectivity index (χ1v) is 5.92. The van der Waals surface area contributed by atoms with Gasteiger partial charge >= 0.3 is 5.97 Å². The van der Waals surface area contributed by atoms with Crippen molar-refractivity contribution < 1.29 is 14.3 Å². The van der Waals surface area contributed by atoms with Crippen LogP contribution in [0.25, 0.3) is 0 Å². The molecule has 0 aliphatic rings. The van der Waals surface area contributed by atoms with E-state index in [1.54, 1.807) is 25.1 Å². The molecule has 0 radical (unpaired) electrons. The maximum Gasteiger partial charge on any atom is 0.340 e. The summed E-state index contributed by atoms with van der Waals surface area (Å²) >= 11 is 5.98. The van der Waals surface area contributed by atoms with Crippen molar-refractivity contribution in [1.82, 2.24) is 0 Å². The first kappa shape index (κ1) is 13.4. The Morgan fingerprint density at radius 1 is 1.21 bits per heavy atom. The number of anilines is 2. The highest BCUT2D eigenvalue weighted by atomic mass is 35.5. The fourth-order valence-electron chi connectivity index (χ4n) is 1.73. The van der Waals surface area contributed by atoms with E-state index in [0.717, 1.165) is 11.6 Å². The summed E-state index contributed by atoms with van der Waals surface area (Å²) in [5.41, 5.74) is 1.21. The lowest BCUT2D eigenvalue weighted by Crippen LogP contribution is -2.06. The third kappa shape index (κ3) is 2.69. The Morgan fingerprint density at radius 3 is 2.53 bits per heavy atom. The Kier molecular flexibility index (Phi) is 3.71. The lowest BCUT2D eigenvalue weighted by atomic mass is 10.1. The van der Waals surface area contributed by atoms with Crippen LogP contribution in [-0.2, 0) is 0 Å². The molecule has 5 heteroatoms. The van der Waals surface area contributed by atoms with Gasteiger partial charge in [-0.2, -0.15) is 0 Å². The number of rotatable bonds is 3. The van der Waals surface area contributed by atoms with Crippen LogP contribution < -0.4 is 5.32 Å². The second-order valence-electron chi connectivity index (χ2n) is 4.00. The Balaban J connectivity index is 2.47. The quantitative estimate of drug-likeness (QED) is 0.884. The van der Waals surface area contributed by atoms with Gasteiger partial charge in [0, 0.05) is 10.7 Å². The molecule has 3 nitrogen and oxygen atoms in total. The Bertz CT molecular complexity index is 643. The van der Waals surface area contributed by atoms with Crippen molar-refractivity contribution in [1.29, 1.82) is 0 Å². The minimum Gasteiger partial charge on any atom is -0.478 e. The molecule has 2 aromatic rings. The average molecular weight is 280 g/mol. The number of carbonyl (C=O) groups is 1. The van der Waals surface area contributed by atoms with E-state index in [4.69, 9.17) is 16.7 Å². The number of benzene rings is 2. The molecule has 0 aliphatic carbocycles. The van der Waals surface area contributed by atoms with Crippen LogP contribution in [0.3, 0.4) is 0 Å². The Morgan fingerprint density at radius 2 is 1.84 bits per heavy atom. The molecule has 0 unspecified atom stereocenters. The molecule has 0 aromatic heterocycles. The van der Waals surface area contributed by atoms with Gasteiger partial charge < -0.3 is 10.4 Å². The summed E-state index contributed by atoms with van der Waals surface area (Å²) < 4.78 is 13.5. The number of carboxylic acid groups (broad SMARTS) is 1. The predicted octanol–water partition coefficient (Wildman–Crippen LogP) is 4.23. The smallest absolute Gasteiger partial charge is 0.340 e. The lowest BCUT2D eigenvalue weighted by molar-refractivity contribution is 0.0693. The van der Waals surface area contributed by atoms with Gasteiger partial charge in [-0.1, -0.05) is 23.7 Å². The van der Waals surface area contributed by atoms with Gasteiger partial charge in [0.15, 0.2) is 0 Å². The monoisotopic (exact) mass is 279 g/mol. The van der Waals surface area contributed by atoms with Gasteiger partial charge in [-0.3, -0.25) is 0 Å². The summed E-state index contributed by atoms with van der Waals surface area (Å²) in [4.78, 5) is 11.1. The van der Waals surface area contributed by atoms with Gasteiger partial charge in [0.1, 0.15) is 11.4 Å². The summed E-state index contributed by atoms with van der Waals surface area (Å²) in [6.07, 6.45) is 0.